The summed E-state index contributed by atoms with van der Waals surface area (Å²) in [5.74, 6) is 3.10. The first kappa shape index (κ1) is 23.6. The van der Waals surface area contributed by atoms with E-state index in [-0.39, 0.29) is 0 Å². The molecule has 0 bridgehead atoms. The number of rotatable bonds is 10. The number of nitrogens with one attached hydrogen (secondary N) is 2. The zero-order valence-electron chi connectivity index (χ0n) is 18.9. The van der Waals surface area contributed by atoms with Crippen molar-refractivity contribution < 1.29 is 9.84 Å². The van der Waals surface area contributed by atoms with E-state index in [1.807, 2.05) is 49.7 Å². The number of methoxy groups -OCH3 is 1. The monoisotopic (exact) mass is 417 g/mol. The van der Waals surface area contributed by atoms with Gasteiger partial charge in [-0.25, -0.2) is 4.99 Å². The number of aliphatic imine (C=N–C) groups is 1. The summed E-state index contributed by atoms with van der Waals surface area (Å²) in [6.45, 7) is 5.72. The normalized spacial score (nSPS) is 13.9. The van der Waals surface area contributed by atoms with Crippen LogP contribution in [0.4, 0.5) is 0 Å². The Morgan fingerprint density at radius 3 is 2.50 bits per heavy atom. The Bertz CT molecular complexity index is 813. The summed E-state index contributed by atoms with van der Waals surface area (Å²) in [6, 6.07) is 8.01. The van der Waals surface area contributed by atoms with Crippen molar-refractivity contribution in [2.45, 2.75) is 32.4 Å². The molecule has 0 radical (unpaired) electrons. The quantitative estimate of drug-likeness (QED) is 0.387. The molecule has 9 nitrogen and oxygen atoms in total. The summed E-state index contributed by atoms with van der Waals surface area (Å²) >= 11 is 0. The summed E-state index contributed by atoms with van der Waals surface area (Å²) in [5.41, 5.74) is 0.315. The average Bonchev–Trinajstić information content (AvgIpc) is 3.01. The first-order valence-electron chi connectivity index (χ1n) is 10.1. The molecule has 3 N–H and O–H groups in total. The highest BCUT2D eigenvalue weighted by Crippen LogP contribution is 2.11. The number of aryl methyl sites for hydroxylation is 1. The van der Waals surface area contributed by atoms with Gasteiger partial charge >= 0.3 is 0 Å². The van der Waals surface area contributed by atoms with Gasteiger partial charge in [0.1, 0.15) is 18.1 Å². The molecule has 1 unspecified atom stereocenters. The maximum atomic E-state index is 10.6. The molecule has 0 amide bonds. The van der Waals surface area contributed by atoms with Crippen molar-refractivity contribution in [2.75, 3.05) is 40.8 Å². The van der Waals surface area contributed by atoms with Crippen LogP contribution in [0.2, 0.25) is 0 Å². The minimum absolute atomic E-state index is 0.372. The number of aromatic nitrogens is 3. The largest absolute Gasteiger partial charge is 0.497 e. The Kier molecular flexibility index (Phi) is 8.61. The molecule has 0 aliphatic carbocycles. The molecule has 30 heavy (non-hydrogen) atoms. The van der Waals surface area contributed by atoms with Crippen LogP contribution < -0.4 is 15.4 Å². The highest BCUT2D eigenvalue weighted by atomic mass is 16.5. The molecule has 0 spiro atoms. The van der Waals surface area contributed by atoms with Crippen LogP contribution in [0.15, 0.2) is 29.3 Å². The second kappa shape index (κ2) is 10.9. The van der Waals surface area contributed by atoms with Gasteiger partial charge in [-0.3, -0.25) is 0 Å². The van der Waals surface area contributed by atoms with Crippen LogP contribution in [0.3, 0.4) is 0 Å². The van der Waals surface area contributed by atoms with E-state index in [0.717, 1.165) is 23.8 Å². The van der Waals surface area contributed by atoms with Crippen molar-refractivity contribution >= 4 is 5.96 Å². The Hall–Kier alpha value is -2.65. The minimum atomic E-state index is -0.886. The number of ether oxygens (including phenoxy) is 1. The highest BCUT2D eigenvalue weighted by Gasteiger charge is 2.21. The van der Waals surface area contributed by atoms with E-state index in [4.69, 9.17) is 4.74 Å². The van der Waals surface area contributed by atoms with Gasteiger partial charge in [-0.1, -0.05) is 12.1 Å². The summed E-state index contributed by atoms with van der Waals surface area (Å²) in [5, 5.41) is 25.4. The van der Waals surface area contributed by atoms with Crippen LogP contribution >= 0.6 is 0 Å². The fourth-order valence-corrected chi connectivity index (χ4v) is 3.04. The molecule has 0 saturated carbocycles. The molecule has 0 saturated heterocycles. The van der Waals surface area contributed by atoms with Crippen molar-refractivity contribution in [3.05, 3.63) is 41.5 Å². The van der Waals surface area contributed by atoms with Gasteiger partial charge in [-0.2, -0.15) is 0 Å². The number of hydrogen-bond acceptors (Lipinski definition) is 6. The Morgan fingerprint density at radius 2 is 1.93 bits per heavy atom. The van der Waals surface area contributed by atoms with Crippen LogP contribution in [-0.2, 0) is 20.0 Å². The molecule has 1 atom stereocenters. The molecule has 166 valence electrons. The smallest absolute Gasteiger partial charge is 0.191 e. The molecule has 0 aliphatic heterocycles. The molecule has 1 aromatic heterocycles. The molecule has 1 aromatic carbocycles. The van der Waals surface area contributed by atoms with Gasteiger partial charge < -0.3 is 29.9 Å². The van der Waals surface area contributed by atoms with Gasteiger partial charge in [-0.05, 0) is 52.1 Å². The average molecular weight is 418 g/mol. The van der Waals surface area contributed by atoms with Crippen LogP contribution in [0, 0.1) is 6.92 Å². The van der Waals surface area contributed by atoms with Crippen LogP contribution in [0.25, 0.3) is 0 Å². The molecule has 1 heterocycles. The highest BCUT2D eigenvalue weighted by molar-refractivity contribution is 5.79. The van der Waals surface area contributed by atoms with E-state index in [1.54, 1.807) is 14.0 Å². The lowest BCUT2D eigenvalue weighted by Crippen LogP contribution is -2.50. The van der Waals surface area contributed by atoms with E-state index in [9.17, 15) is 5.11 Å². The second-order valence-corrected chi connectivity index (χ2v) is 8.00. The third kappa shape index (κ3) is 7.64. The Labute approximate surface area is 179 Å². The third-order valence-electron chi connectivity index (χ3n) is 4.72. The minimum Gasteiger partial charge on any atom is -0.497 e. The fourth-order valence-electron chi connectivity index (χ4n) is 3.04. The first-order valence-corrected chi connectivity index (χ1v) is 10.1. The number of guanidine groups is 1. The van der Waals surface area contributed by atoms with E-state index in [1.165, 1.54) is 5.56 Å². The molecular weight excluding hydrogens is 382 g/mol. The SMILES string of the molecule is COc1ccc(CCNC(=NCc2nnc(C)n2C)NCC(C)(O)CN(C)C)cc1. The lowest BCUT2D eigenvalue weighted by molar-refractivity contribution is 0.0377. The first-order chi connectivity index (χ1) is 14.2. The van der Waals surface area contributed by atoms with Gasteiger partial charge in [-0.15, -0.1) is 10.2 Å². The van der Waals surface area contributed by atoms with Crippen molar-refractivity contribution in [2.24, 2.45) is 12.0 Å². The van der Waals surface area contributed by atoms with Gasteiger partial charge in [0, 0.05) is 26.7 Å². The second-order valence-electron chi connectivity index (χ2n) is 8.00. The lowest BCUT2D eigenvalue weighted by Gasteiger charge is -2.28. The predicted octanol–water partition coefficient (Wildman–Crippen LogP) is 0.723. The van der Waals surface area contributed by atoms with Crippen LogP contribution in [0.1, 0.15) is 24.1 Å². The number of aliphatic hydroxyl groups is 1. The van der Waals surface area contributed by atoms with Crippen molar-refractivity contribution in [3.8, 4) is 5.75 Å². The van der Waals surface area contributed by atoms with Gasteiger partial charge in [0.05, 0.1) is 12.7 Å². The zero-order valence-corrected chi connectivity index (χ0v) is 18.9. The van der Waals surface area contributed by atoms with Crippen molar-refractivity contribution in [1.29, 1.82) is 0 Å². The summed E-state index contributed by atoms with van der Waals surface area (Å²) in [4.78, 5) is 6.59. The van der Waals surface area contributed by atoms with E-state index in [2.05, 4.69) is 38.0 Å². The standard InChI is InChI=1S/C21H35N7O2/c1-16-25-26-19(28(16)5)13-23-20(24-14-21(2,29)15-27(3)4)22-12-11-17-7-9-18(30-6)10-8-17/h7-10,29H,11-15H2,1-6H3,(H2,22,23,24). The molecule has 2 aromatic rings. The summed E-state index contributed by atoms with van der Waals surface area (Å²) in [6.07, 6.45) is 0.835. The molecule has 0 aliphatic rings. The van der Waals surface area contributed by atoms with E-state index < -0.39 is 5.60 Å². The number of hydrogen-bond donors (Lipinski definition) is 3. The maximum absolute atomic E-state index is 10.6. The Balaban J connectivity index is 1.99. The fraction of sp³-hybridized carbons (Fsp3) is 0.571. The molecular formula is C21H35N7O2. The van der Waals surface area contributed by atoms with Crippen LogP contribution in [0.5, 0.6) is 5.75 Å². The molecule has 2 rings (SSSR count). The third-order valence-corrected chi connectivity index (χ3v) is 4.72. The van der Waals surface area contributed by atoms with Crippen molar-refractivity contribution in [3.63, 3.8) is 0 Å². The van der Waals surface area contributed by atoms with Crippen LogP contribution in [-0.4, -0.2) is 77.2 Å². The number of nitrogens with zero attached hydrogens (tertiary/aromatic N) is 5. The lowest BCUT2D eigenvalue weighted by atomic mass is 10.1. The van der Waals surface area contributed by atoms with Gasteiger partial charge in [0.25, 0.3) is 0 Å². The number of benzene rings is 1. The number of likely N-dealkylation sites (N-methyl/N-ethyl adjacent to an activating group) is 1. The van der Waals surface area contributed by atoms with E-state index >= 15 is 0 Å². The topological polar surface area (TPSA) is 99.8 Å². The van der Waals surface area contributed by atoms with Gasteiger partial charge in [0.2, 0.25) is 0 Å². The van der Waals surface area contributed by atoms with Gasteiger partial charge in [0.15, 0.2) is 11.8 Å². The summed E-state index contributed by atoms with van der Waals surface area (Å²) in [7, 11) is 7.46. The Morgan fingerprint density at radius 1 is 1.23 bits per heavy atom. The van der Waals surface area contributed by atoms with Crippen molar-refractivity contribution in [1.82, 2.24) is 30.3 Å². The predicted molar refractivity (Wildman–Crippen MR) is 119 cm³/mol. The summed E-state index contributed by atoms with van der Waals surface area (Å²) < 4.78 is 7.12. The molecule has 0 fully saturated rings. The maximum Gasteiger partial charge on any atom is 0.191 e. The van der Waals surface area contributed by atoms with E-state index in [0.29, 0.717) is 32.1 Å². The zero-order chi connectivity index (χ0) is 22.1. The molecule has 9 heteroatoms.